The van der Waals surface area contributed by atoms with Gasteiger partial charge < -0.3 is 14.5 Å². The van der Waals surface area contributed by atoms with Crippen LogP contribution in [-0.4, -0.2) is 31.1 Å². The molecule has 0 amide bonds. The molecule has 0 aromatic carbocycles. The van der Waals surface area contributed by atoms with Crippen molar-refractivity contribution in [3.05, 3.63) is 23.0 Å². The van der Waals surface area contributed by atoms with Gasteiger partial charge in [-0.2, -0.15) is 0 Å². The molecule has 0 fully saturated rings. The highest BCUT2D eigenvalue weighted by Gasteiger charge is 2.17. The number of aromatic amines is 1. The Morgan fingerprint density at radius 2 is 2.00 bits per heavy atom. The highest BCUT2D eigenvalue weighted by Crippen LogP contribution is 2.12. The van der Waals surface area contributed by atoms with E-state index in [0.717, 1.165) is 5.69 Å². The van der Waals surface area contributed by atoms with E-state index in [9.17, 15) is 9.59 Å². The lowest BCUT2D eigenvalue weighted by molar-refractivity contribution is -0.139. The molecule has 0 aliphatic rings. The summed E-state index contributed by atoms with van der Waals surface area (Å²) in [7, 11) is 2.60. The summed E-state index contributed by atoms with van der Waals surface area (Å²) >= 11 is 0. The third-order valence-electron chi connectivity index (χ3n) is 1.99. The third kappa shape index (κ3) is 2.59. The minimum absolute atomic E-state index is 0.0608. The fourth-order valence-corrected chi connectivity index (χ4v) is 1.30. The highest BCUT2D eigenvalue weighted by molar-refractivity contribution is 5.90. The predicted octanol–water partition coefficient (Wildman–Crippen LogP) is 0.825. The SMILES string of the molecule is COC(=O)Cc1cc(C)[nH]c1C(=O)OC. The topological polar surface area (TPSA) is 68.4 Å². The molecule has 0 atom stereocenters. The summed E-state index contributed by atoms with van der Waals surface area (Å²) in [5.41, 5.74) is 1.70. The number of carbonyl (C=O) groups is 2. The average Bonchev–Trinajstić information content (AvgIpc) is 2.58. The smallest absolute Gasteiger partial charge is 0.354 e. The molecule has 0 saturated carbocycles. The van der Waals surface area contributed by atoms with Gasteiger partial charge in [0.05, 0.1) is 20.6 Å². The van der Waals surface area contributed by atoms with E-state index in [1.807, 2.05) is 0 Å². The van der Waals surface area contributed by atoms with Crippen LogP contribution in [-0.2, 0) is 20.7 Å². The monoisotopic (exact) mass is 211 g/mol. The van der Waals surface area contributed by atoms with E-state index in [2.05, 4.69) is 14.5 Å². The summed E-state index contributed by atoms with van der Waals surface area (Å²) in [6.07, 6.45) is 0.0608. The Bertz CT molecular complexity index is 381. The number of aromatic nitrogens is 1. The molecule has 15 heavy (non-hydrogen) atoms. The number of rotatable bonds is 3. The van der Waals surface area contributed by atoms with Crippen molar-refractivity contribution in [2.24, 2.45) is 0 Å². The molecule has 82 valence electrons. The van der Waals surface area contributed by atoms with Crippen LogP contribution in [0, 0.1) is 6.92 Å². The van der Waals surface area contributed by atoms with Crippen LogP contribution < -0.4 is 0 Å². The number of ether oxygens (including phenoxy) is 2. The van der Waals surface area contributed by atoms with E-state index in [4.69, 9.17) is 0 Å². The van der Waals surface area contributed by atoms with Gasteiger partial charge in [0.1, 0.15) is 5.69 Å². The van der Waals surface area contributed by atoms with Crippen molar-refractivity contribution in [1.29, 1.82) is 0 Å². The van der Waals surface area contributed by atoms with E-state index in [1.165, 1.54) is 14.2 Å². The highest BCUT2D eigenvalue weighted by atomic mass is 16.5. The number of hydrogen-bond acceptors (Lipinski definition) is 4. The van der Waals surface area contributed by atoms with Gasteiger partial charge in [0, 0.05) is 5.69 Å². The molecular formula is C10H13NO4. The Kier molecular flexibility index (Phi) is 3.49. The van der Waals surface area contributed by atoms with Crippen LogP contribution in [0.15, 0.2) is 6.07 Å². The second kappa shape index (κ2) is 4.63. The zero-order chi connectivity index (χ0) is 11.4. The summed E-state index contributed by atoms with van der Waals surface area (Å²) in [4.78, 5) is 25.2. The molecule has 5 nitrogen and oxygen atoms in total. The normalized spacial score (nSPS) is 9.80. The second-order valence-corrected chi connectivity index (χ2v) is 3.10. The van der Waals surface area contributed by atoms with E-state index in [0.29, 0.717) is 11.3 Å². The molecular weight excluding hydrogens is 198 g/mol. The largest absolute Gasteiger partial charge is 0.469 e. The van der Waals surface area contributed by atoms with Crippen molar-refractivity contribution in [2.45, 2.75) is 13.3 Å². The maximum absolute atomic E-state index is 11.3. The van der Waals surface area contributed by atoms with Crippen LogP contribution in [0.4, 0.5) is 0 Å². The molecule has 0 aliphatic carbocycles. The Labute approximate surface area is 87.4 Å². The average molecular weight is 211 g/mol. The van der Waals surface area contributed by atoms with E-state index in [-0.39, 0.29) is 12.4 Å². The van der Waals surface area contributed by atoms with Gasteiger partial charge in [-0.25, -0.2) is 4.79 Å². The van der Waals surface area contributed by atoms with E-state index < -0.39 is 5.97 Å². The van der Waals surface area contributed by atoms with Crippen molar-refractivity contribution in [2.75, 3.05) is 14.2 Å². The molecule has 0 spiro atoms. The second-order valence-electron chi connectivity index (χ2n) is 3.10. The molecule has 0 bridgehead atoms. The molecule has 5 heteroatoms. The summed E-state index contributed by atoms with van der Waals surface area (Å²) < 4.78 is 9.11. The van der Waals surface area contributed by atoms with Crippen LogP contribution in [0.1, 0.15) is 21.7 Å². The van der Waals surface area contributed by atoms with Crippen LogP contribution in [0.25, 0.3) is 0 Å². The maximum atomic E-state index is 11.3. The van der Waals surface area contributed by atoms with E-state index >= 15 is 0 Å². The quantitative estimate of drug-likeness (QED) is 0.752. The summed E-state index contributed by atoms with van der Waals surface area (Å²) in [6, 6.07) is 1.73. The first-order chi connectivity index (χ1) is 7.08. The molecule has 0 aliphatic heterocycles. The number of H-pyrrole nitrogens is 1. The van der Waals surface area contributed by atoms with Crippen molar-refractivity contribution in [3.8, 4) is 0 Å². The van der Waals surface area contributed by atoms with Gasteiger partial charge in [-0.3, -0.25) is 4.79 Å². The Hall–Kier alpha value is -1.78. The molecule has 1 aromatic rings. The minimum Gasteiger partial charge on any atom is -0.469 e. The van der Waals surface area contributed by atoms with Gasteiger partial charge in [-0.05, 0) is 18.6 Å². The first-order valence-electron chi connectivity index (χ1n) is 4.42. The lowest BCUT2D eigenvalue weighted by Crippen LogP contribution is -2.10. The Balaban J connectivity index is 2.96. The van der Waals surface area contributed by atoms with Gasteiger partial charge in [0.15, 0.2) is 0 Å². The molecule has 0 radical (unpaired) electrons. The van der Waals surface area contributed by atoms with Crippen LogP contribution in [0.2, 0.25) is 0 Å². The Morgan fingerprint density at radius 1 is 1.33 bits per heavy atom. The summed E-state index contributed by atoms with van der Waals surface area (Å²) in [5, 5.41) is 0. The molecule has 0 unspecified atom stereocenters. The van der Waals surface area contributed by atoms with Gasteiger partial charge >= 0.3 is 11.9 Å². The minimum atomic E-state index is -0.484. The van der Waals surface area contributed by atoms with Crippen LogP contribution >= 0.6 is 0 Å². The summed E-state index contributed by atoms with van der Waals surface area (Å²) in [5.74, 6) is -0.874. The zero-order valence-corrected chi connectivity index (χ0v) is 8.92. The van der Waals surface area contributed by atoms with Gasteiger partial charge in [0.2, 0.25) is 0 Å². The number of aryl methyl sites for hydroxylation is 1. The first-order valence-corrected chi connectivity index (χ1v) is 4.42. The fourth-order valence-electron chi connectivity index (χ4n) is 1.30. The maximum Gasteiger partial charge on any atom is 0.354 e. The van der Waals surface area contributed by atoms with Crippen molar-refractivity contribution < 1.29 is 19.1 Å². The zero-order valence-electron chi connectivity index (χ0n) is 8.92. The fraction of sp³-hybridized carbons (Fsp3) is 0.400. The molecule has 1 rings (SSSR count). The lowest BCUT2D eigenvalue weighted by Gasteiger charge is -2.00. The number of methoxy groups -OCH3 is 2. The molecule has 1 aromatic heterocycles. The lowest BCUT2D eigenvalue weighted by atomic mass is 10.1. The Morgan fingerprint density at radius 3 is 2.53 bits per heavy atom. The van der Waals surface area contributed by atoms with Gasteiger partial charge in [0.25, 0.3) is 0 Å². The molecule has 1 heterocycles. The predicted molar refractivity (Wildman–Crippen MR) is 52.6 cm³/mol. The standard InChI is InChI=1S/C10H13NO4/c1-6-4-7(5-8(12)14-2)9(11-6)10(13)15-3/h4,11H,5H2,1-3H3. The van der Waals surface area contributed by atoms with E-state index in [1.54, 1.807) is 13.0 Å². The number of hydrogen-bond donors (Lipinski definition) is 1. The number of esters is 2. The number of carbonyl (C=O) groups excluding carboxylic acids is 2. The molecule has 1 N–H and O–H groups in total. The first kappa shape index (κ1) is 11.3. The van der Waals surface area contributed by atoms with Crippen molar-refractivity contribution in [3.63, 3.8) is 0 Å². The summed E-state index contributed by atoms with van der Waals surface area (Å²) in [6.45, 7) is 1.80. The van der Waals surface area contributed by atoms with Gasteiger partial charge in [-0.15, -0.1) is 0 Å². The van der Waals surface area contributed by atoms with Gasteiger partial charge in [-0.1, -0.05) is 0 Å². The third-order valence-corrected chi connectivity index (χ3v) is 1.99. The number of nitrogens with one attached hydrogen (secondary N) is 1. The molecule has 0 saturated heterocycles. The van der Waals surface area contributed by atoms with Crippen molar-refractivity contribution in [1.82, 2.24) is 4.98 Å². The van der Waals surface area contributed by atoms with Crippen LogP contribution in [0.5, 0.6) is 0 Å². The van der Waals surface area contributed by atoms with Crippen LogP contribution in [0.3, 0.4) is 0 Å². The van der Waals surface area contributed by atoms with Crippen molar-refractivity contribution >= 4 is 11.9 Å².